The zero-order chi connectivity index (χ0) is 11.7. The number of carbonyl (C=O) groups is 1. The quantitative estimate of drug-likeness (QED) is 0.801. The fourth-order valence-electron chi connectivity index (χ4n) is 1.75. The van der Waals surface area contributed by atoms with Crippen LogP contribution in [-0.4, -0.2) is 24.8 Å². The Morgan fingerprint density at radius 1 is 1.56 bits per heavy atom. The zero-order valence-corrected chi connectivity index (χ0v) is 9.71. The lowest BCUT2D eigenvalue weighted by atomic mass is 10.2. The molecule has 0 aromatic heterocycles. The molecule has 1 aliphatic heterocycles. The summed E-state index contributed by atoms with van der Waals surface area (Å²) < 4.78 is 18.6. The van der Waals surface area contributed by atoms with Crippen LogP contribution in [0.5, 0.6) is 5.75 Å². The van der Waals surface area contributed by atoms with Crippen LogP contribution in [0.3, 0.4) is 0 Å². The van der Waals surface area contributed by atoms with Gasteiger partial charge in [0.15, 0.2) is 0 Å². The molecular weight excluding hydrogens is 229 g/mol. The summed E-state index contributed by atoms with van der Waals surface area (Å²) in [6.45, 7) is 0.437. The highest BCUT2D eigenvalue weighted by atomic mass is 32.1. The molecule has 1 heterocycles. The molecule has 0 aliphatic carbocycles. The highest BCUT2D eigenvalue weighted by Crippen LogP contribution is 2.29. The van der Waals surface area contributed by atoms with E-state index in [1.54, 1.807) is 0 Å². The maximum absolute atomic E-state index is 13.6. The minimum absolute atomic E-state index is 0.0295. The third kappa shape index (κ3) is 2.00. The lowest BCUT2D eigenvalue weighted by Gasteiger charge is -2.17. The predicted molar refractivity (Wildman–Crippen MR) is 62.7 cm³/mol. The van der Waals surface area contributed by atoms with Gasteiger partial charge in [0.05, 0.1) is 12.8 Å². The first-order chi connectivity index (χ1) is 7.61. The monoisotopic (exact) mass is 241 g/mol. The minimum Gasteiger partial charge on any atom is -0.497 e. The second-order valence-electron chi connectivity index (χ2n) is 3.68. The lowest BCUT2D eigenvalue weighted by molar-refractivity contribution is -0.117. The Labute approximate surface area is 98.6 Å². The molecule has 0 spiro atoms. The number of methoxy groups -OCH3 is 1. The van der Waals surface area contributed by atoms with Gasteiger partial charge < -0.3 is 9.64 Å². The molecule has 1 aliphatic rings. The minimum atomic E-state index is -0.420. The Balaban J connectivity index is 2.35. The molecule has 1 amide bonds. The van der Waals surface area contributed by atoms with Crippen LogP contribution in [0.1, 0.15) is 6.42 Å². The van der Waals surface area contributed by atoms with Crippen LogP contribution in [0, 0.1) is 5.82 Å². The second kappa shape index (κ2) is 4.33. The van der Waals surface area contributed by atoms with Crippen molar-refractivity contribution >= 4 is 24.2 Å². The Morgan fingerprint density at radius 3 is 2.88 bits per heavy atom. The van der Waals surface area contributed by atoms with Crippen LogP contribution >= 0.6 is 12.6 Å². The first-order valence-electron chi connectivity index (χ1n) is 4.94. The first-order valence-corrected chi connectivity index (χ1v) is 5.45. The van der Waals surface area contributed by atoms with Crippen LogP contribution in [0.4, 0.5) is 10.1 Å². The molecule has 1 aromatic rings. The summed E-state index contributed by atoms with van der Waals surface area (Å²) in [6, 6.07) is 4.35. The van der Waals surface area contributed by atoms with Crippen molar-refractivity contribution in [3.8, 4) is 5.75 Å². The molecule has 0 radical (unpaired) electrons. The summed E-state index contributed by atoms with van der Waals surface area (Å²) in [5.74, 6) is 0.00977. The fraction of sp³-hybridized carbons (Fsp3) is 0.364. The molecular formula is C11H12FNO2S. The molecule has 0 bridgehead atoms. The van der Waals surface area contributed by atoms with Gasteiger partial charge in [-0.05, 0) is 12.1 Å². The Hall–Kier alpha value is -1.23. The molecule has 2 rings (SSSR count). The number of hydrogen-bond donors (Lipinski definition) is 1. The van der Waals surface area contributed by atoms with E-state index >= 15 is 0 Å². The van der Waals surface area contributed by atoms with Gasteiger partial charge in [-0.15, -0.1) is 0 Å². The molecule has 16 heavy (non-hydrogen) atoms. The Morgan fingerprint density at radius 2 is 2.31 bits per heavy atom. The third-order valence-electron chi connectivity index (χ3n) is 2.55. The smallest absolute Gasteiger partial charge is 0.228 e. The van der Waals surface area contributed by atoms with E-state index in [1.807, 2.05) is 0 Å². The highest BCUT2D eigenvalue weighted by molar-refractivity contribution is 7.81. The van der Waals surface area contributed by atoms with Crippen LogP contribution in [-0.2, 0) is 4.79 Å². The molecule has 5 heteroatoms. The largest absolute Gasteiger partial charge is 0.497 e. The maximum Gasteiger partial charge on any atom is 0.228 e. The van der Waals surface area contributed by atoms with Crippen molar-refractivity contribution in [2.75, 3.05) is 18.6 Å². The number of carbonyl (C=O) groups excluding carboxylic acids is 1. The summed E-state index contributed by atoms with van der Waals surface area (Å²) in [5.41, 5.74) is 0.265. The second-order valence-corrected chi connectivity index (χ2v) is 4.41. The van der Waals surface area contributed by atoms with Gasteiger partial charge in [0.1, 0.15) is 11.6 Å². The van der Waals surface area contributed by atoms with E-state index in [0.717, 1.165) is 0 Å². The van der Waals surface area contributed by atoms with E-state index in [2.05, 4.69) is 12.6 Å². The number of hydrogen-bond acceptors (Lipinski definition) is 3. The summed E-state index contributed by atoms with van der Waals surface area (Å²) in [6.07, 6.45) is 0.347. The Bertz CT molecular complexity index is 424. The lowest BCUT2D eigenvalue weighted by Crippen LogP contribution is -2.25. The van der Waals surface area contributed by atoms with E-state index in [1.165, 1.54) is 30.2 Å². The average Bonchev–Trinajstić information content (AvgIpc) is 2.58. The summed E-state index contributed by atoms with van der Waals surface area (Å²) in [5, 5.41) is -0.0295. The van der Waals surface area contributed by atoms with E-state index in [9.17, 15) is 9.18 Å². The first kappa shape index (κ1) is 11.3. The third-order valence-corrected chi connectivity index (χ3v) is 2.89. The van der Waals surface area contributed by atoms with Crippen molar-refractivity contribution in [1.29, 1.82) is 0 Å². The molecule has 0 N–H and O–H groups in total. The zero-order valence-electron chi connectivity index (χ0n) is 8.81. The van der Waals surface area contributed by atoms with E-state index in [-0.39, 0.29) is 16.8 Å². The SMILES string of the molecule is COc1ccc(F)c(N2CC(S)CC2=O)c1. The van der Waals surface area contributed by atoms with Crippen LogP contribution in [0.25, 0.3) is 0 Å². The molecule has 1 saturated heterocycles. The maximum atomic E-state index is 13.6. The number of thiol groups is 1. The number of rotatable bonds is 2. The van der Waals surface area contributed by atoms with Crippen molar-refractivity contribution in [2.45, 2.75) is 11.7 Å². The van der Waals surface area contributed by atoms with Gasteiger partial charge >= 0.3 is 0 Å². The van der Waals surface area contributed by atoms with E-state index < -0.39 is 5.82 Å². The average molecular weight is 241 g/mol. The Kier molecular flexibility index (Phi) is 3.05. The van der Waals surface area contributed by atoms with Crippen LogP contribution in [0.2, 0.25) is 0 Å². The molecule has 1 atom stereocenters. The van der Waals surface area contributed by atoms with Crippen LogP contribution < -0.4 is 9.64 Å². The van der Waals surface area contributed by atoms with Gasteiger partial charge in [0.25, 0.3) is 0 Å². The highest BCUT2D eigenvalue weighted by Gasteiger charge is 2.30. The van der Waals surface area contributed by atoms with Gasteiger partial charge in [-0.2, -0.15) is 12.6 Å². The number of halogens is 1. The van der Waals surface area contributed by atoms with Gasteiger partial charge in [-0.1, -0.05) is 0 Å². The topological polar surface area (TPSA) is 29.5 Å². The number of benzene rings is 1. The van der Waals surface area contributed by atoms with Crippen molar-refractivity contribution in [1.82, 2.24) is 0 Å². The number of anilines is 1. The van der Waals surface area contributed by atoms with E-state index in [4.69, 9.17) is 4.74 Å². The number of nitrogens with zero attached hydrogens (tertiary/aromatic N) is 1. The van der Waals surface area contributed by atoms with Gasteiger partial charge in [0, 0.05) is 24.3 Å². The fourth-order valence-corrected chi connectivity index (χ4v) is 2.07. The standard InChI is InChI=1S/C11H12FNO2S/c1-15-7-2-3-9(12)10(4-7)13-6-8(16)5-11(13)14/h2-4,8,16H,5-6H2,1H3. The van der Waals surface area contributed by atoms with Crippen molar-refractivity contribution < 1.29 is 13.9 Å². The van der Waals surface area contributed by atoms with Gasteiger partial charge in [-0.3, -0.25) is 4.79 Å². The number of amides is 1. The molecule has 1 unspecified atom stereocenters. The summed E-state index contributed by atoms with van der Waals surface area (Å²) in [7, 11) is 1.50. The van der Waals surface area contributed by atoms with Crippen molar-refractivity contribution in [3.05, 3.63) is 24.0 Å². The predicted octanol–water partition coefficient (Wildman–Crippen LogP) is 1.87. The van der Waals surface area contributed by atoms with Crippen molar-refractivity contribution in [3.63, 3.8) is 0 Å². The summed E-state index contributed by atoms with van der Waals surface area (Å²) in [4.78, 5) is 13.0. The molecule has 1 fully saturated rings. The molecule has 1 aromatic carbocycles. The van der Waals surface area contributed by atoms with E-state index in [0.29, 0.717) is 18.7 Å². The molecule has 3 nitrogen and oxygen atoms in total. The number of ether oxygens (including phenoxy) is 1. The molecule has 0 saturated carbocycles. The van der Waals surface area contributed by atoms with Crippen molar-refractivity contribution in [2.24, 2.45) is 0 Å². The molecule has 86 valence electrons. The van der Waals surface area contributed by atoms with Gasteiger partial charge in [-0.25, -0.2) is 4.39 Å². The normalized spacial score (nSPS) is 20.3. The summed E-state index contributed by atoms with van der Waals surface area (Å²) >= 11 is 4.23. The van der Waals surface area contributed by atoms with Crippen LogP contribution in [0.15, 0.2) is 18.2 Å². The van der Waals surface area contributed by atoms with Gasteiger partial charge in [0.2, 0.25) is 5.91 Å².